The van der Waals surface area contributed by atoms with Crippen LogP contribution in [-0.4, -0.2) is 39.6 Å². The fraction of sp³-hybridized carbons (Fsp3) is 0.300. The van der Waals surface area contributed by atoms with Gasteiger partial charge in [0.15, 0.2) is 0 Å². The van der Waals surface area contributed by atoms with E-state index in [0.717, 1.165) is 11.4 Å². The molecule has 0 radical (unpaired) electrons. The van der Waals surface area contributed by atoms with Gasteiger partial charge in [-0.1, -0.05) is 17.7 Å². The summed E-state index contributed by atoms with van der Waals surface area (Å²) in [4.78, 5) is 28.7. The van der Waals surface area contributed by atoms with Crippen molar-refractivity contribution < 1.29 is 14.3 Å². The van der Waals surface area contributed by atoms with Gasteiger partial charge >= 0.3 is 0 Å². The number of nitrogens with zero attached hydrogens (tertiary/aromatic N) is 2. The number of benzene rings is 2. The number of methoxy groups -OCH3 is 1. The third kappa shape index (κ3) is 4.17. The van der Waals surface area contributed by atoms with Crippen LogP contribution in [0.5, 0.6) is 5.75 Å². The van der Waals surface area contributed by atoms with Gasteiger partial charge in [-0.15, -0.1) is 0 Å². The lowest BCUT2D eigenvalue weighted by molar-refractivity contribution is -0.122. The second-order valence-electron chi connectivity index (χ2n) is 6.65. The molecule has 1 fully saturated rings. The number of hydrogen-bond acceptors (Lipinski definition) is 4. The Bertz CT molecular complexity index is 869. The Hall–Kier alpha value is -2.73. The fourth-order valence-corrected chi connectivity index (χ4v) is 3.32. The van der Waals surface area contributed by atoms with E-state index in [2.05, 4.69) is 5.32 Å². The third-order valence-electron chi connectivity index (χ3n) is 4.56. The van der Waals surface area contributed by atoms with Crippen molar-refractivity contribution in [2.75, 3.05) is 42.9 Å². The summed E-state index contributed by atoms with van der Waals surface area (Å²) in [5, 5.41) is 3.46. The van der Waals surface area contributed by atoms with Crippen LogP contribution in [0.1, 0.15) is 6.42 Å². The maximum atomic E-state index is 12.8. The molecule has 0 aromatic heterocycles. The number of carbonyl (C=O) groups excluding carboxylic acids is 2. The quantitative estimate of drug-likeness (QED) is 0.854. The van der Waals surface area contributed by atoms with Crippen LogP contribution >= 0.6 is 11.6 Å². The first-order chi connectivity index (χ1) is 12.9. The monoisotopic (exact) mass is 387 g/mol. The van der Waals surface area contributed by atoms with Crippen molar-refractivity contribution >= 4 is 40.5 Å². The lowest BCUT2D eigenvalue weighted by Gasteiger charge is -2.20. The minimum atomic E-state index is -0.433. The van der Waals surface area contributed by atoms with Crippen molar-refractivity contribution in [3.8, 4) is 5.75 Å². The molecule has 6 nitrogen and oxygen atoms in total. The van der Waals surface area contributed by atoms with E-state index in [1.807, 2.05) is 43.3 Å². The van der Waals surface area contributed by atoms with E-state index < -0.39 is 5.92 Å². The molecule has 1 heterocycles. The standard InChI is InChI=1S/C20H22ClN3O3/c1-23(2)18-8-7-14(21)10-17(18)22-20(26)13-9-19(25)24(12-13)15-5-4-6-16(11-15)27-3/h4-8,10-11,13H,9,12H2,1-3H3,(H,22,26). The number of halogens is 1. The summed E-state index contributed by atoms with van der Waals surface area (Å²) in [5.74, 6) is -0.0399. The Kier molecular flexibility index (Phi) is 5.56. The molecule has 1 aliphatic heterocycles. The smallest absolute Gasteiger partial charge is 0.229 e. The summed E-state index contributed by atoms with van der Waals surface area (Å²) in [7, 11) is 5.36. The average molecular weight is 388 g/mol. The predicted molar refractivity (Wildman–Crippen MR) is 108 cm³/mol. The molecule has 27 heavy (non-hydrogen) atoms. The molecular weight excluding hydrogens is 366 g/mol. The number of carbonyl (C=O) groups is 2. The van der Waals surface area contributed by atoms with Crippen molar-refractivity contribution in [2.45, 2.75) is 6.42 Å². The van der Waals surface area contributed by atoms with E-state index in [0.29, 0.717) is 23.0 Å². The van der Waals surface area contributed by atoms with Crippen LogP contribution in [-0.2, 0) is 9.59 Å². The summed E-state index contributed by atoms with van der Waals surface area (Å²) in [6, 6.07) is 12.6. The molecule has 0 spiro atoms. The molecule has 1 aliphatic rings. The molecule has 1 unspecified atom stereocenters. The first-order valence-electron chi connectivity index (χ1n) is 8.61. The van der Waals surface area contributed by atoms with Crippen LogP contribution in [0, 0.1) is 5.92 Å². The van der Waals surface area contributed by atoms with Crippen LogP contribution < -0.4 is 19.9 Å². The topological polar surface area (TPSA) is 61.9 Å². The third-order valence-corrected chi connectivity index (χ3v) is 4.79. The van der Waals surface area contributed by atoms with Gasteiger partial charge in [-0.25, -0.2) is 0 Å². The van der Waals surface area contributed by atoms with E-state index >= 15 is 0 Å². The van der Waals surface area contributed by atoms with Crippen LogP contribution in [0.15, 0.2) is 42.5 Å². The van der Waals surface area contributed by atoms with Crippen molar-refractivity contribution in [1.82, 2.24) is 0 Å². The van der Waals surface area contributed by atoms with E-state index in [1.165, 1.54) is 0 Å². The highest BCUT2D eigenvalue weighted by molar-refractivity contribution is 6.31. The van der Waals surface area contributed by atoms with Crippen molar-refractivity contribution in [2.24, 2.45) is 5.92 Å². The second kappa shape index (κ2) is 7.88. The first kappa shape index (κ1) is 19.0. The predicted octanol–water partition coefficient (Wildman–Crippen LogP) is 3.41. The number of nitrogens with one attached hydrogen (secondary N) is 1. The summed E-state index contributed by atoms with van der Waals surface area (Å²) >= 11 is 6.08. The second-order valence-corrected chi connectivity index (χ2v) is 7.09. The Morgan fingerprint density at radius 1 is 1.26 bits per heavy atom. The van der Waals surface area contributed by atoms with E-state index in [-0.39, 0.29) is 18.2 Å². The average Bonchev–Trinajstić information content (AvgIpc) is 3.03. The summed E-state index contributed by atoms with van der Waals surface area (Å²) < 4.78 is 5.22. The van der Waals surface area contributed by atoms with Gasteiger partial charge < -0.3 is 19.9 Å². The molecule has 0 bridgehead atoms. The zero-order valence-electron chi connectivity index (χ0n) is 15.5. The zero-order valence-corrected chi connectivity index (χ0v) is 16.3. The molecule has 142 valence electrons. The van der Waals surface area contributed by atoms with Crippen LogP contribution in [0.3, 0.4) is 0 Å². The van der Waals surface area contributed by atoms with Gasteiger partial charge in [-0.3, -0.25) is 9.59 Å². The fourth-order valence-electron chi connectivity index (χ4n) is 3.14. The molecule has 2 aromatic rings. The Morgan fingerprint density at radius 3 is 2.74 bits per heavy atom. The Morgan fingerprint density at radius 2 is 2.04 bits per heavy atom. The number of hydrogen-bond donors (Lipinski definition) is 1. The summed E-state index contributed by atoms with van der Waals surface area (Å²) in [6.45, 7) is 0.329. The Balaban J connectivity index is 1.75. The normalized spacial score (nSPS) is 16.4. The number of amides is 2. The number of ether oxygens (including phenoxy) is 1. The van der Waals surface area contributed by atoms with E-state index in [9.17, 15) is 9.59 Å². The molecule has 1 atom stereocenters. The highest BCUT2D eigenvalue weighted by atomic mass is 35.5. The summed E-state index contributed by atoms with van der Waals surface area (Å²) in [5.41, 5.74) is 2.21. The molecular formula is C20H22ClN3O3. The van der Waals surface area contributed by atoms with Crippen LogP contribution in [0.25, 0.3) is 0 Å². The van der Waals surface area contributed by atoms with Gasteiger partial charge in [0.1, 0.15) is 5.75 Å². The minimum Gasteiger partial charge on any atom is -0.497 e. The van der Waals surface area contributed by atoms with E-state index in [4.69, 9.17) is 16.3 Å². The summed E-state index contributed by atoms with van der Waals surface area (Å²) in [6.07, 6.45) is 0.168. The van der Waals surface area contributed by atoms with Crippen LogP contribution in [0.4, 0.5) is 17.1 Å². The molecule has 2 amide bonds. The zero-order chi connectivity index (χ0) is 19.6. The number of anilines is 3. The maximum absolute atomic E-state index is 12.8. The number of rotatable bonds is 5. The largest absolute Gasteiger partial charge is 0.497 e. The maximum Gasteiger partial charge on any atom is 0.229 e. The van der Waals surface area contributed by atoms with Crippen molar-refractivity contribution in [3.63, 3.8) is 0 Å². The molecule has 0 aliphatic carbocycles. The van der Waals surface area contributed by atoms with Gasteiger partial charge in [0.05, 0.1) is 24.4 Å². The molecule has 1 saturated heterocycles. The van der Waals surface area contributed by atoms with Gasteiger partial charge in [0.2, 0.25) is 11.8 Å². The highest BCUT2D eigenvalue weighted by Crippen LogP contribution is 2.31. The van der Waals surface area contributed by atoms with Gasteiger partial charge in [-0.05, 0) is 30.3 Å². The van der Waals surface area contributed by atoms with Crippen molar-refractivity contribution in [3.05, 3.63) is 47.5 Å². The van der Waals surface area contributed by atoms with E-state index in [1.54, 1.807) is 30.2 Å². The van der Waals surface area contributed by atoms with Crippen molar-refractivity contribution in [1.29, 1.82) is 0 Å². The Labute approximate surface area is 163 Å². The molecule has 3 rings (SSSR count). The lowest BCUT2D eigenvalue weighted by Crippen LogP contribution is -2.28. The van der Waals surface area contributed by atoms with Crippen LogP contribution in [0.2, 0.25) is 5.02 Å². The lowest BCUT2D eigenvalue weighted by atomic mass is 10.1. The van der Waals surface area contributed by atoms with Gasteiger partial charge in [0.25, 0.3) is 0 Å². The van der Waals surface area contributed by atoms with Gasteiger partial charge in [0, 0.05) is 43.8 Å². The van der Waals surface area contributed by atoms with Gasteiger partial charge in [-0.2, -0.15) is 0 Å². The SMILES string of the molecule is COc1cccc(N2CC(C(=O)Nc3cc(Cl)ccc3N(C)C)CC2=O)c1. The minimum absolute atomic E-state index is 0.0812. The molecule has 2 aromatic carbocycles. The molecule has 7 heteroatoms. The molecule has 0 saturated carbocycles. The molecule has 1 N–H and O–H groups in total. The first-order valence-corrected chi connectivity index (χ1v) is 8.99. The highest BCUT2D eigenvalue weighted by Gasteiger charge is 2.35.